The van der Waals surface area contributed by atoms with Gasteiger partial charge >= 0.3 is 0 Å². The maximum atomic E-state index is 5.95. The van der Waals surface area contributed by atoms with E-state index in [1.54, 1.807) is 11.8 Å². The first-order valence-corrected chi connectivity index (χ1v) is 9.73. The van der Waals surface area contributed by atoms with Crippen LogP contribution in [0.5, 0.6) is 5.75 Å². The molecule has 1 aromatic carbocycles. The molecule has 0 bridgehead atoms. The Morgan fingerprint density at radius 1 is 1.07 bits per heavy atom. The molecule has 3 heterocycles. The fourth-order valence-electron chi connectivity index (χ4n) is 2.81. The Morgan fingerprint density at radius 2 is 1.96 bits per heavy atom. The number of imidazole rings is 1. The standard InChI is InChI=1S/C20H21N5OS/c1-14-7-6-8-17(15(14)2)26-12-19-22-23-20(24(19)3)27-13-16-11-25-10-5-4-9-18(25)21-16/h4-11H,12-13H2,1-3H3. The molecule has 0 aliphatic rings. The van der Waals surface area contributed by atoms with E-state index in [0.717, 1.165) is 39.4 Å². The monoisotopic (exact) mass is 379 g/mol. The lowest BCUT2D eigenvalue weighted by Crippen LogP contribution is -2.05. The van der Waals surface area contributed by atoms with E-state index >= 15 is 0 Å². The summed E-state index contributed by atoms with van der Waals surface area (Å²) in [5, 5.41) is 9.43. The van der Waals surface area contributed by atoms with Crippen molar-refractivity contribution in [2.24, 2.45) is 7.05 Å². The van der Waals surface area contributed by atoms with Gasteiger partial charge in [0.05, 0.1) is 5.69 Å². The molecular weight excluding hydrogens is 358 g/mol. The zero-order chi connectivity index (χ0) is 18.8. The van der Waals surface area contributed by atoms with E-state index in [-0.39, 0.29) is 0 Å². The molecule has 0 aliphatic carbocycles. The van der Waals surface area contributed by atoms with Crippen LogP contribution in [-0.4, -0.2) is 24.1 Å². The number of benzene rings is 1. The van der Waals surface area contributed by atoms with Crippen LogP contribution in [0.15, 0.2) is 53.9 Å². The van der Waals surface area contributed by atoms with Crippen molar-refractivity contribution in [1.29, 1.82) is 0 Å². The van der Waals surface area contributed by atoms with Gasteiger partial charge in [0.25, 0.3) is 0 Å². The Balaban J connectivity index is 1.41. The third kappa shape index (κ3) is 3.68. The van der Waals surface area contributed by atoms with Crippen LogP contribution < -0.4 is 4.74 Å². The van der Waals surface area contributed by atoms with Crippen molar-refractivity contribution in [3.63, 3.8) is 0 Å². The first kappa shape index (κ1) is 17.6. The zero-order valence-corrected chi connectivity index (χ0v) is 16.4. The van der Waals surface area contributed by atoms with Crippen LogP contribution >= 0.6 is 11.8 Å². The highest BCUT2D eigenvalue weighted by molar-refractivity contribution is 7.98. The van der Waals surface area contributed by atoms with Gasteiger partial charge in [-0.15, -0.1) is 10.2 Å². The van der Waals surface area contributed by atoms with Gasteiger partial charge in [-0.2, -0.15) is 0 Å². The molecule has 0 aliphatic heterocycles. The summed E-state index contributed by atoms with van der Waals surface area (Å²) in [7, 11) is 1.97. The van der Waals surface area contributed by atoms with Crippen molar-refractivity contribution in [3.8, 4) is 5.75 Å². The lowest BCUT2D eigenvalue weighted by molar-refractivity contribution is 0.288. The first-order valence-electron chi connectivity index (χ1n) is 8.74. The maximum absolute atomic E-state index is 5.95. The summed E-state index contributed by atoms with van der Waals surface area (Å²) < 4.78 is 9.95. The van der Waals surface area contributed by atoms with Crippen LogP contribution in [0.1, 0.15) is 22.6 Å². The van der Waals surface area contributed by atoms with Crippen LogP contribution in [0.25, 0.3) is 5.65 Å². The normalized spacial score (nSPS) is 11.2. The van der Waals surface area contributed by atoms with Gasteiger partial charge in [-0.25, -0.2) is 4.98 Å². The number of hydrogen-bond donors (Lipinski definition) is 0. The van der Waals surface area contributed by atoms with Crippen molar-refractivity contribution in [2.75, 3.05) is 0 Å². The lowest BCUT2D eigenvalue weighted by atomic mass is 10.1. The highest BCUT2D eigenvalue weighted by Crippen LogP contribution is 2.23. The molecule has 27 heavy (non-hydrogen) atoms. The van der Waals surface area contributed by atoms with Crippen LogP contribution in [0.4, 0.5) is 0 Å². The van der Waals surface area contributed by atoms with Gasteiger partial charge in [-0.1, -0.05) is 30.0 Å². The summed E-state index contributed by atoms with van der Waals surface area (Å²) in [5.41, 5.74) is 4.34. The molecule has 0 saturated heterocycles. The van der Waals surface area contributed by atoms with Crippen molar-refractivity contribution >= 4 is 17.4 Å². The van der Waals surface area contributed by atoms with Crippen LogP contribution in [0.2, 0.25) is 0 Å². The Labute approximate surface area is 162 Å². The second kappa shape index (κ2) is 7.44. The molecule has 0 spiro atoms. The van der Waals surface area contributed by atoms with E-state index < -0.39 is 0 Å². The van der Waals surface area contributed by atoms with Gasteiger partial charge in [0, 0.05) is 25.2 Å². The largest absolute Gasteiger partial charge is 0.485 e. The maximum Gasteiger partial charge on any atom is 0.191 e. The van der Waals surface area contributed by atoms with Crippen LogP contribution in [0.3, 0.4) is 0 Å². The Bertz CT molecular complexity index is 1050. The number of pyridine rings is 1. The van der Waals surface area contributed by atoms with E-state index in [9.17, 15) is 0 Å². The Kier molecular flexibility index (Phi) is 4.85. The summed E-state index contributed by atoms with van der Waals surface area (Å²) in [4.78, 5) is 4.62. The molecule has 0 amide bonds. The molecular formula is C20H21N5OS. The number of nitrogens with zero attached hydrogens (tertiary/aromatic N) is 5. The second-order valence-corrected chi connectivity index (χ2v) is 7.37. The number of hydrogen-bond acceptors (Lipinski definition) is 5. The highest BCUT2D eigenvalue weighted by Gasteiger charge is 2.12. The second-order valence-electron chi connectivity index (χ2n) is 6.43. The molecule has 4 rings (SSSR count). The van der Waals surface area contributed by atoms with Gasteiger partial charge in [-0.3, -0.25) is 0 Å². The quantitative estimate of drug-likeness (QED) is 0.475. The fourth-order valence-corrected chi connectivity index (χ4v) is 3.63. The molecule has 0 unspecified atom stereocenters. The minimum Gasteiger partial charge on any atom is -0.485 e. The van der Waals surface area contributed by atoms with Crippen LogP contribution in [0, 0.1) is 13.8 Å². The third-order valence-electron chi connectivity index (χ3n) is 4.60. The highest BCUT2D eigenvalue weighted by atomic mass is 32.2. The first-order chi connectivity index (χ1) is 13.1. The summed E-state index contributed by atoms with van der Waals surface area (Å²) in [5.74, 6) is 2.43. The molecule has 0 radical (unpaired) electrons. The summed E-state index contributed by atoms with van der Waals surface area (Å²) >= 11 is 1.62. The van der Waals surface area contributed by atoms with Gasteiger partial charge in [-0.05, 0) is 43.2 Å². The molecule has 3 aromatic heterocycles. The zero-order valence-electron chi connectivity index (χ0n) is 15.6. The number of rotatable bonds is 6. The molecule has 0 saturated carbocycles. The van der Waals surface area contributed by atoms with Crippen molar-refractivity contribution < 1.29 is 4.74 Å². The summed E-state index contributed by atoms with van der Waals surface area (Å²) in [6.45, 7) is 4.54. The average Bonchev–Trinajstić information content (AvgIpc) is 3.24. The molecule has 0 atom stereocenters. The number of thioether (sulfide) groups is 1. The predicted octanol–water partition coefficient (Wildman–Crippen LogP) is 3.95. The van der Waals surface area contributed by atoms with Crippen LogP contribution in [-0.2, 0) is 19.4 Å². The molecule has 138 valence electrons. The number of aromatic nitrogens is 5. The Hall–Kier alpha value is -2.80. The van der Waals surface area contributed by atoms with E-state index in [0.29, 0.717) is 6.61 Å². The van der Waals surface area contributed by atoms with E-state index in [1.165, 1.54) is 5.56 Å². The molecule has 7 heteroatoms. The molecule has 0 fully saturated rings. The van der Waals surface area contributed by atoms with E-state index in [2.05, 4.69) is 35.1 Å². The van der Waals surface area contributed by atoms with Crippen molar-refractivity contribution in [3.05, 3.63) is 71.4 Å². The number of ether oxygens (including phenoxy) is 1. The SMILES string of the molecule is Cc1cccc(OCc2nnc(SCc3cn4ccccc4n3)n2C)c1C. The number of aryl methyl sites for hydroxylation is 1. The van der Waals surface area contributed by atoms with Gasteiger partial charge in [0.2, 0.25) is 0 Å². The average molecular weight is 379 g/mol. The summed E-state index contributed by atoms with van der Waals surface area (Å²) in [6, 6.07) is 12.1. The fraction of sp³-hybridized carbons (Fsp3) is 0.250. The van der Waals surface area contributed by atoms with Crippen molar-refractivity contribution in [2.45, 2.75) is 31.4 Å². The third-order valence-corrected chi connectivity index (χ3v) is 5.65. The lowest BCUT2D eigenvalue weighted by Gasteiger charge is -2.10. The predicted molar refractivity (Wildman–Crippen MR) is 106 cm³/mol. The topological polar surface area (TPSA) is 57.2 Å². The smallest absolute Gasteiger partial charge is 0.191 e. The van der Waals surface area contributed by atoms with Gasteiger partial charge in [0.1, 0.15) is 18.0 Å². The summed E-state index contributed by atoms with van der Waals surface area (Å²) in [6.07, 6.45) is 4.05. The number of fused-ring (bicyclic) bond motifs is 1. The molecule has 6 nitrogen and oxygen atoms in total. The molecule has 0 N–H and O–H groups in total. The molecule has 4 aromatic rings. The minimum absolute atomic E-state index is 0.392. The van der Waals surface area contributed by atoms with E-state index in [4.69, 9.17) is 4.74 Å². The van der Waals surface area contributed by atoms with Gasteiger partial charge < -0.3 is 13.7 Å². The minimum atomic E-state index is 0.392. The Morgan fingerprint density at radius 3 is 2.81 bits per heavy atom. The van der Waals surface area contributed by atoms with Gasteiger partial charge in [0.15, 0.2) is 11.0 Å². The van der Waals surface area contributed by atoms with E-state index in [1.807, 2.05) is 58.7 Å². The van der Waals surface area contributed by atoms with Crippen molar-refractivity contribution in [1.82, 2.24) is 24.1 Å².